The summed E-state index contributed by atoms with van der Waals surface area (Å²) in [7, 11) is -3.79. The first-order chi connectivity index (χ1) is 14.4. The highest BCUT2D eigenvalue weighted by molar-refractivity contribution is 7.89. The van der Waals surface area contributed by atoms with Crippen LogP contribution in [-0.4, -0.2) is 13.4 Å². The number of hydrogen-bond acceptors (Lipinski definition) is 4. The van der Waals surface area contributed by atoms with E-state index in [1.54, 1.807) is 24.3 Å². The Hall–Kier alpha value is -3.29. The van der Waals surface area contributed by atoms with Crippen molar-refractivity contribution < 1.29 is 17.2 Å². The zero-order valence-electron chi connectivity index (χ0n) is 16.0. The maximum Gasteiger partial charge on any atom is 0.238 e. The van der Waals surface area contributed by atoms with Crippen LogP contribution in [0, 0.1) is 5.82 Å². The van der Waals surface area contributed by atoms with Crippen molar-refractivity contribution in [2.45, 2.75) is 17.7 Å². The van der Waals surface area contributed by atoms with Gasteiger partial charge in [0, 0.05) is 17.5 Å². The maximum atomic E-state index is 13.4. The van der Waals surface area contributed by atoms with Crippen LogP contribution < -0.4 is 5.14 Å². The topological polar surface area (TPSA) is 86.2 Å². The molecule has 0 bridgehead atoms. The van der Waals surface area contributed by atoms with Gasteiger partial charge in [-0.2, -0.15) is 0 Å². The van der Waals surface area contributed by atoms with Gasteiger partial charge >= 0.3 is 0 Å². The summed E-state index contributed by atoms with van der Waals surface area (Å²) in [6, 6.07) is 22.1. The number of sulfonamides is 1. The molecule has 1 heterocycles. The molecule has 0 aliphatic rings. The fraction of sp³-hybridized carbons (Fsp3) is 0.0870. The normalized spacial score (nSPS) is 11.5. The molecule has 5 nitrogen and oxygen atoms in total. The van der Waals surface area contributed by atoms with Gasteiger partial charge in [0.25, 0.3) is 0 Å². The number of primary sulfonamides is 1. The van der Waals surface area contributed by atoms with Gasteiger partial charge in [-0.05, 0) is 60.5 Å². The quantitative estimate of drug-likeness (QED) is 0.493. The molecule has 3 aromatic carbocycles. The highest BCUT2D eigenvalue weighted by atomic mass is 32.2. The largest absolute Gasteiger partial charge is 0.440 e. The van der Waals surface area contributed by atoms with Crippen molar-refractivity contribution >= 4 is 10.0 Å². The Kier molecular flexibility index (Phi) is 5.48. The molecule has 0 amide bonds. The zero-order valence-corrected chi connectivity index (χ0v) is 16.8. The Bertz CT molecular complexity index is 1250. The highest BCUT2D eigenvalue weighted by Crippen LogP contribution is 2.33. The minimum Gasteiger partial charge on any atom is -0.440 e. The second-order valence-electron chi connectivity index (χ2n) is 6.85. The lowest BCUT2D eigenvalue weighted by atomic mass is 10.1. The molecule has 0 aliphatic heterocycles. The van der Waals surface area contributed by atoms with Crippen molar-refractivity contribution in [3.8, 4) is 22.6 Å². The van der Waals surface area contributed by atoms with Crippen LogP contribution in [0.2, 0.25) is 0 Å². The molecule has 0 saturated heterocycles. The summed E-state index contributed by atoms with van der Waals surface area (Å²) < 4.78 is 42.5. The van der Waals surface area contributed by atoms with E-state index < -0.39 is 10.0 Å². The number of nitrogens with two attached hydrogens (primary N) is 1. The number of oxazole rings is 1. The minimum atomic E-state index is -3.79. The molecule has 4 rings (SSSR count). The van der Waals surface area contributed by atoms with Crippen molar-refractivity contribution in [1.82, 2.24) is 4.98 Å². The van der Waals surface area contributed by atoms with Gasteiger partial charge < -0.3 is 4.42 Å². The Balaban J connectivity index is 1.71. The molecule has 0 atom stereocenters. The van der Waals surface area contributed by atoms with Crippen molar-refractivity contribution in [2.75, 3.05) is 0 Å². The summed E-state index contributed by atoms with van der Waals surface area (Å²) in [4.78, 5) is 4.65. The van der Waals surface area contributed by atoms with E-state index in [0.717, 1.165) is 12.0 Å². The van der Waals surface area contributed by atoms with E-state index in [0.29, 0.717) is 34.9 Å². The van der Waals surface area contributed by atoms with Crippen LogP contribution in [0.15, 0.2) is 88.2 Å². The Morgan fingerprint density at radius 3 is 2.10 bits per heavy atom. The van der Waals surface area contributed by atoms with Gasteiger partial charge in [-0.15, -0.1) is 0 Å². The summed E-state index contributed by atoms with van der Waals surface area (Å²) in [5.74, 6) is 0.694. The van der Waals surface area contributed by atoms with Crippen molar-refractivity contribution in [3.05, 3.63) is 96.1 Å². The number of rotatable bonds is 6. The van der Waals surface area contributed by atoms with Crippen LogP contribution in [-0.2, 0) is 22.9 Å². The standard InChI is InChI=1S/C23H19FN2O3S/c24-19-11-7-17(8-12-19)22-23(18-9-13-20(14-10-18)30(25,27)28)29-21(26-22)15-6-16-4-2-1-3-5-16/h1-5,7-14H,6,15H2,(H2,25,27,28). The molecule has 4 aromatic rings. The smallest absolute Gasteiger partial charge is 0.238 e. The lowest BCUT2D eigenvalue weighted by Crippen LogP contribution is -2.11. The predicted octanol–water partition coefficient (Wildman–Crippen LogP) is 4.58. The number of hydrogen-bond donors (Lipinski definition) is 1. The lowest BCUT2D eigenvalue weighted by Gasteiger charge is -2.03. The number of aryl methyl sites for hydroxylation is 2. The van der Waals surface area contributed by atoms with Gasteiger partial charge in [0.1, 0.15) is 11.5 Å². The van der Waals surface area contributed by atoms with Gasteiger partial charge in [0.05, 0.1) is 4.90 Å². The van der Waals surface area contributed by atoms with E-state index >= 15 is 0 Å². The lowest BCUT2D eigenvalue weighted by molar-refractivity contribution is 0.505. The molecule has 30 heavy (non-hydrogen) atoms. The van der Waals surface area contributed by atoms with Gasteiger partial charge in [-0.3, -0.25) is 0 Å². The van der Waals surface area contributed by atoms with Crippen LogP contribution in [0.1, 0.15) is 11.5 Å². The van der Waals surface area contributed by atoms with Crippen LogP contribution in [0.25, 0.3) is 22.6 Å². The molecular formula is C23H19FN2O3S. The third-order valence-corrected chi connectivity index (χ3v) is 5.63. The van der Waals surface area contributed by atoms with Crippen molar-refractivity contribution in [1.29, 1.82) is 0 Å². The van der Waals surface area contributed by atoms with Gasteiger partial charge in [0.15, 0.2) is 11.7 Å². The maximum absolute atomic E-state index is 13.4. The highest BCUT2D eigenvalue weighted by Gasteiger charge is 2.18. The van der Waals surface area contributed by atoms with Gasteiger partial charge in [-0.1, -0.05) is 30.3 Å². The van der Waals surface area contributed by atoms with E-state index in [4.69, 9.17) is 9.56 Å². The summed E-state index contributed by atoms with van der Waals surface area (Å²) >= 11 is 0. The second-order valence-corrected chi connectivity index (χ2v) is 8.41. The van der Waals surface area contributed by atoms with Crippen LogP contribution in [0.5, 0.6) is 0 Å². The molecule has 1 aromatic heterocycles. The SMILES string of the molecule is NS(=O)(=O)c1ccc(-c2oc(CCc3ccccc3)nc2-c2ccc(F)cc2)cc1. The predicted molar refractivity (Wildman–Crippen MR) is 113 cm³/mol. The van der Waals surface area contributed by atoms with Crippen LogP contribution >= 0.6 is 0 Å². The number of aromatic nitrogens is 1. The van der Waals surface area contributed by atoms with E-state index in [9.17, 15) is 12.8 Å². The third kappa shape index (κ3) is 4.48. The Morgan fingerprint density at radius 2 is 1.47 bits per heavy atom. The molecule has 0 aliphatic carbocycles. The second kappa shape index (κ2) is 8.22. The van der Waals surface area contributed by atoms with Gasteiger partial charge in [-0.25, -0.2) is 22.9 Å². The first-order valence-corrected chi connectivity index (χ1v) is 10.9. The summed E-state index contributed by atoms with van der Waals surface area (Å²) in [5, 5.41) is 5.18. The molecule has 0 unspecified atom stereocenters. The number of benzene rings is 3. The van der Waals surface area contributed by atoms with Crippen molar-refractivity contribution in [2.24, 2.45) is 5.14 Å². The molecule has 0 saturated carbocycles. The fourth-order valence-electron chi connectivity index (χ4n) is 3.16. The molecule has 7 heteroatoms. The average molecular weight is 422 g/mol. The van der Waals surface area contributed by atoms with E-state index in [1.807, 2.05) is 30.3 Å². The summed E-state index contributed by atoms with van der Waals surface area (Å²) in [6.07, 6.45) is 1.35. The number of nitrogens with zero attached hydrogens (tertiary/aromatic N) is 1. The van der Waals surface area contributed by atoms with Crippen LogP contribution in [0.4, 0.5) is 4.39 Å². The molecule has 0 spiro atoms. The average Bonchev–Trinajstić information content (AvgIpc) is 3.17. The Labute approximate surface area is 174 Å². The summed E-state index contributed by atoms with van der Waals surface area (Å²) in [5.41, 5.74) is 3.09. The van der Waals surface area contributed by atoms with Crippen molar-refractivity contribution in [3.63, 3.8) is 0 Å². The molecule has 0 fully saturated rings. The molecular weight excluding hydrogens is 403 g/mol. The number of halogens is 1. The van der Waals surface area contributed by atoms with Gasteiger partial charge in [0.2, 0.25) is 10.0 Å². The molecule has 0 radical (unpaired) electrons. The first kappa shape index (κ1) is 20.0. The fourth-order valence-corrected chi connectivity index (χ4v) is 3.68. The van der Waals surface area contributed by atoms with E-state index in [-0.39, 0.29) is 10.7 Å². The Morgan fingerprint density at radius 1 is 0.833 bits per heavy atom. The molecule has 152 valence electrons. The third-order valence-electron chi connectivity index (χ3n) is 4.70. The van der Waals surface area contributed by atoms with E-state index in [2.05, 4.69) is 4.98 Å². The first-order valence-electron chi connectivity index (χ1n) is 9.33. The summed E-state index contributed by atoms with van der Waals surface area (Å²) in [6.45, 7) is 0. The van der Waals surface area contributed by atoms with E-state index in [1.165, 1.54) is 24.3 Å². The minimum absolute atomic E-state index is 0.0124. The zero-order chi connectivity index (χ0) is 21.1. The molecule has 2 N–H and O–H groups in total. The monoisotopic (exact) mass is 422 g/mol. The van der Waals surface area contributed by atoms with Crippen LogP contribution in [0.3, 0.4) is 0 Å².